The van der Waals surface area contributed by atoms with Gasteiger partial charge in [0.1, 0.15) is 13.1 Å². The highest BCUT2D eigenvalue weighted by Crippen LogP contribution is 2.23. The molecule has 2 fully saturated rings. The van der Waals surface area contributed by atoms with Gasteiger partial charge in [-0.25, -0.2) is 0 Å². The lowest BCUT2D eigenvalue weighted by atomic mass is 10.1. The Morgan fingerprint density at radius 3 is 1.50 bits per heavy atom. The predicted octanol–water partition coefficient (Wildman–Crippen LogP) is 6.81. The predicted molar refractivity (Wildman–Crippen MR) is 171 cm³/mol. The number of quaternary nitrogens is 2. The Balaban J connectivity index is 1.17. The third kappa shape index (κ3) is 10.3. The molecule has 40 heavy (non-hydrogen) atoms. The maximum absolute atomic E-state index is 2.78. The molecule has 0 spiro atoms. The van der Waals surface area contributed by atoms with Gasteiger partial charge >= 0.3 is 0 Å². The molecule has 2 saturated heterocycles. The molecule has 0 radical (unpaired) electrons. The van der Waals surface area contributed by atoms with Crippen molar-refractivity contribution in [2.75, 3.05) is 79.0 Å². The van der Waals surface area contributed by atoms with Gasteiger partial charge in [0.15, 0.2) is 0 Å². The topological polar surface area (TPSA) is 6.48 Å². The Morgan fingerprint density at radius 2 is 1.00 bits per heavy atom. The van der Waals surface area contributed by atoms with E-state index in [-0.39, 0.29) is 0 Å². The summed E-state index contributed by atoms with van der Waals surface area (Å²) in [5.74, 6) is 0. The molecule has 2 aliphatic heterocycles. The number of likely N-dealkylation sites (N-methyl/N-ethyl adjacent to an activating group) is 1. The highest BCUT2D eigenvalue weighted by Gasteiger charge is 2.33. The first-order valence-electron chi connectivity index (χ1n) is 16.8. The van der Waals surface area contributed by atoms with Crippen molar-refractivity contribution in [3.05, 3.63) is 71.8 Å². The number of unbranched alkanes of at least 4 members (excludes halogenated alkanes) is 7. The normalized spacial score (nSPS) is 19.6. The van der Waals surface area contributed by atoms with Crippen molar-refractivity contribution in [3.63, 3.8) is 0 Å². The summed E-state index contributed by atoms with van der Waals surface area (Å²) in [6.07, 6.45) is 12.5. The number of rotatable bonds is 17. The van der Waals surface area contributed by atoms with Crippen molar-refractivity contribution in [3.8, 4) is 0 Å². The second-order valence-corrected chi connectivity index (χ2v) is 13.3. The van der Waals surface area contributed by atoms with Crippen LogP contribution in [0, 0.1) is 0 Å². The van der Waals surface area contributed by atoms with E-state index in [1.807, 2.05) is 0 Å². The van der Waals surface area contributed by atoms with Crippen LogP contribution in [0.25, 0.3) is 0 Å². The lowest BCUT2D eigenvalue weighted by Crippen LogP contribution is -2.59. The van der Waals surface area contributed by atoms with E-state index >= 15 is 0 Å². The maximum atomic E-state index is 2.78. The standard InChI is InChI=1S/C36H60N4/c1-3-4-5-7-16-28-40(34-36-20-13-10-14-21-36)31-25-38(26-32-40)22-15-6-8-17-27-39(29-23-37(2)24-30-39)33-35-18-11-9-12-19-35/h9-14,18-21H,3-8,15-17,22-34H2,1-2H3/q+2. The summed E-state index contributed by atoms with van der Waals surface area (Å²) in [6.45, 7) is 19.1. The van der Waals surface area contributed by atoms with Crippen molar-refractivity contribution in [1.29, 1.82) is 0 Å². The van der Waals surface area contributed by atoms with E-state index in [0.29, 0.717) is 0 Å². The lowest BCUT2D eigenvalue weighted by Gasteiger charge is -2.45. The van der Waals surface area contributed by atoms with Crippen LogP contribution < -0.4 is 0 Å². The molecule has 2 aromatic carbocycles. The third-order valence-corrected chi connectivity index (χ3v) is 10.0. The monoisotopic (exact) mass is 548 g/mol. The van der Waals surface area contributed by atoms with Crippen LogP contribution in [-0.4, -0.2) is 97.8 Å². The average Bonchev–Trinajstić information content (AvgIpc) is 2.98. The summed E-state index contributed by atoms with van der Waals surface area (Å²) in [5, 5.41) is 0. The van der Waals surface area contributed by atoms with Crippen molar-refractivity contribution in [1.82, 2.24) is 9.80 Å². The van der Waals surface area contributed by atoms with Crippen LogP contribution in [0.5, 0.6) is 0 Å². The molecule has 0 bridgehead atoms. The zero-order valence-corrected chi connectivity index (χ0v) is 26.1. The molecule has 4 rings (SSSR count). The molecule has 0 unspecified atom stereocenters. The van der Waals surface area contributed by atoms with Crippen molar-refractivity contribution < 1.29 is 8.97 Å². The Hall–Kier alpha value is -1.72. The summed E-state index contributed by atoms with van der Waals surface area (Å²) in [6, 6.07) is 22.5. The first-order valence-corrected chi connectivity index (χ1v) is 16.8. The van der Waals surface area contributed by atoms with Crippen molar-refractivity contribution >= 4 is 0 Å². The van der Waals surface area contributed by atoms with Gasteiger partial charge in [-0.05, 0) is 45.7 Å². The molecule has 222 valence electrons. The molecule has 0 aliphatic carbocycles. The minimum Gasteiger partial charge on any atom is -0.318 e. The number of hydrogen-bond donors (Lipinski definition) is 0. The largest absolute Gasteiger partial charge is 0.318 e. The SMILES string of the molecule is CCCCCCC[N+]1(Cc2ccccc2)CCN(CCCCCC[N+]2(Cc3ccccc3)CCN(C)CC2)CC1. The van der Waals surface area contributed by atoms with Gasteiger partial charge in [-0.3, -0.25) is 9.80 Å². The summed E-state index contributed by atoms with van der Waals surface area (Å²) >= 11 is 0. The molecular formula is C36H60N4+2. The second-order valence-electron chi connectivity index (χ2n) is 13.3. The zero-order valence-electron chi connectivity index (χ0n) is 26.1. The van der Waals surface area contributed by atoms with E-state index in [1.165, 1.54) is 163 Å². The van der Waals surface area contributed by atoms with E-state index < -0.39 is 0 Å². The number of hydrogen-bond acceptors (Lipinski definition) is 2. The van der Waals surface area contributed by atoms with Crippen molar-refractivity contribution in [2.45, 2.75) is 77.8 Å². The Bertz CT molecular complexity index is 914. The van der Waals surface area contributed by atoms with Crippen LogP contribution in [0.4, 0.5) is 0 Å². The van der Waals surface area contributed by atoms with Gasteiger partial charge in [-0.1, -0.05) is 93.3 Å². The molecule has 2 aromatic rings. The van der Waals surface area contributed by atoms with E-state index in [2.05, 4.69) is 84.4 Å². The van der Waals surface area contributed by atoms with Crippen molar-refractivity contribution in [2.24, 2.45) is 0 Å². The first-order chi connectivity index (χ1) is 19.6. The lowest BCUT2D eigenvalue weighted by molar-refractivity contribution is -0.945. The number of piperazine rings is 2. The minimum absolute atomic E-state index is 1.21. The molecule has 2 aliphatic rings. The molecule has 4 heteroatoms. The van der Waals surface area contributed by atoms with Gasteiger partial charge in [0.05, 0.1) is 39.3 Å². The molecular weight excluding hydrogens is 488 g/mol. The fourth-order valence-corrected chi connectivity index (χ4v) is 7.19. The second kappa shape index (κ2) is 16.7. The van der Waals surface area contributed by atoms with E-state index in [9.17, 15) is 0 Å². The third-order valence-electron chi connectivity index (χ3n) is 10.0. The summed E-state index contributed by atoms with van der Waals surface area (Å²) in [4.78, 5) is 5.29. The smallest absolute Gasteiger partial charge is 0.104 e. The highest BCUT2D eigenvalue weighted by molar-refractivity contribution is 5.14. The fourth-order valence-electron chi connectivity index (χ4n) is 7.19. The van der Waals surface area contributed by atoms with Crippen LogP contribution in [0.1, 0.15) is 75.8 Å². The van der Waals surface area contributed by atoms with Crippen LogP contribution >= 0.6 is 0 Å². The van der Waals surface area contributed by atoms with Gasteiger partial charge in [0.25, 0.3) is 0 Å². The van der Waals surface area contributed by atoms with Gasteiger partial charge in [-0.15, -0.1) is 0 Å². The van der Waals surface area contributed by atoms with Crippen LogP contribution in [0.3, 0.4) is 0 Å². The highest BCUT2D eigenvalue weighted by atomic mass is 15.4. The van der Waals surface area contributed by atoms with Crippen LogP contribution in [-0.2, 0) is 13.1 Å². The fraction of sp³-hybridized carbons (Fsp3) is 0.667. The average molecular weight is 549 g/mol. The van der Waals surface area contributed by atoms with Gasteiger partial charge in [0, 0.05) is 37.3 Å². The Morgan fingerprint density at radius 1 is 0.550 bits per heavy atom. The Labute approximate surface area is 247 Å². The molecule has 0 saturated carbocycles. The molecule has 0 aromatic heterocycles. The molecule has 0 N–H and O–H groups in total. The summed E-state index contributed by atoms with van der Waals surface area (Å²) in [7, 11) is 2.29. The van der Waals surface area contributed by atoms with Gasteiger partial charge in [-0.2, -0.15) is 0 Å². The maximum Gasteiger partial charge on any atom is 0.104 e. The van der Waals surface area contributed by atoms with E-state index in [0.717, 1.165) is 0 Å². The summed E-state index contributed by atoms with van der Waals surface area (Å²) in [5.41, 5.74) is 3.04. The molecule has 0 atom stereocenters. The number of nitrogens with zero attached hydrogens (tertiary/aromatic N) is 4. The zero-order chi connectivity index (χ0) is 27.9. The molecule has 4 nitrogen and oxygen atoms in total. The quantitative estimate of drug-likeness (QED) is 0.158. The van der Waals surface area contributed by atoms with E-state index in [4.69, 9.17) is 0 Å². The van der Waals surface area contributed by atoms with Gasteiger partial charge < -0.3 is 8.97 Å². The number of benzene rings is 2. The molecule has 0 amide bonds. The first kappa shape index (κ1) is 31.2. The van der Waals surface area contributed by atoms with Crippen LogP contribution in [0.2, 0.25) is 0 Å². The Kier molecular flexibility index (Phi) is 13.0. The summed E-state index contributed by atoms with van der Waals surface area (Å²) < 4.78 is 2.60. The van der Waals surface area contributed by atoms with Gasteiger partial charge in [0.2, 0.25) is 0 Å². The molecule has 2 heterocycles. The minimum atomic E-state index is 1.21. The van der Waals surface area contributed by atoms with Crippen LogP contribution in [0.15, 0.2) is 60.7 Å². The van der Waals surface area contributed by atoms with E-state index in [1.54, 1.807) is 0 Å².